The molecule has 0 spiro atoms. The first-order chi connectivity index (χ1) is 10.6. The van der Waals surface area contributed by atoms with Crippen LogP contribution in [0.15, 0.2) is 63.4 Å². The van der Waals surface area contributed by atoms with Gasteiger partial charge in [0.2, 0.25) is 5.71 Å². The second-order valence-corrected chi connectivity index (χ2v) is 7.06. The van der Waals surface area contributed by atoms with E-state index < -0.39 is 10.0 Å². The molecule has 1 N–H and O–H groups in total. The van der Waals surface area contributed by atoms with E-state index in [0.29, 0.717) is 16.4 Å². The first kappa shape index (κ1) is 13.4. The number of allylic oxidation sites excluding steroid dienone is 2. The van der Waals surface area contributed by atoms with Gasteiger partial charge in [-0.25, -0.2) is 0 Å². The highest BCUT2D eigenvalue weighted by molar-refractivity contribution is 7.88. The summed E-state index contributed by atoms with van der Waals surface area (Å²) in [6, 6.07) is 8.65. The molecule has 3 unspecified atom stereocenters. The zero-order valence-corrected chi connectivity index (χ0v) is 12.6. The van der Waals surface area contributed by atoms with Crippen LogP contribution in [0.2, 0.25) is 0 Å². The Morgan fingerprint density at radius 1 is 1.09 bits per heavy atom. The molecular weight excluding hydrogens is 302 g/mol. The molecule has 1 aliphatic carbocycles. The molecule has 0 aromatic heterocycles. The van der Waals surface area contributed by atoms with Gasteiger partial charge in [0.05, 0.1) is 13.0 Å². The number of ether oxygens (including phenoxy) is 1. The van der Waals surface area contributed by atoms with Crippen LogP contribution in [0.3, 0.4) is 0 Å². The maximum Gasteiger partial charge on any atom is 0.390 e. The molecule has 0 fully saturated rings. The van der Waals surface area contributed by atoms with Crippen LogP contribution in [-0.4, -0.2) is 33.3 Å². The van der Waals surface area contributed by atoms with Crippen molar-refractivity contribution < 1.29 is 17.6 Å². The van der Waals surface area contributed by atoms with Crippen LogP contribution in [0.25, 0.3) is 0 Å². The first-order valence-electron chi connectivity index (χ1n) is 6.92. The highest BCUT2D eigenvalue weighted by Crippen LogP contribution is 2.40. The van der Waals surface area contributed by atoms with Gasteiger partial charge in [-0.05, 0) is 24.3 Å². The van der Waals surface area contributed by atoms with Crippen molar-refractivity contribution in [1.82, 2.24) is 0 Å². The minimum absolute atomic E-state index is 0.327. The predicted molar refractivity (Wildman–Crippen MR) is 79.5 cm³/mol. The molecule has 1 aromatic rings. The van der Waals surface area contributed by atoms with Crippen molar-refractivity contribution in [3.05, 3.63) is 58.7 Å². The minimum Gasteiger partial charge on any atom is -0.499 e. The number of nitrogens with one attached hydrogen (secondary N) is 1. The van der Waals surface area contributed by atoms with E-state index in [-0.39, 0.29) is 18.0 Å². The normalized spacial score (nSPS) is 31.0. The monoisotopic (exact) mass is 316 g/mol. The van der Waals surface area contributed by atoms with Gasteiger partial charge in [-0.1, -0.05) is 18.2 Å². The fourth-order valence-electron chi connectivity index (χ4n) is 3.19. The number of hydrogen-bond donors (Lipinski definition) is 1. The Balaban J connectivity index is 1.91. The molecule has 112 valence electrons. The summed E-state index contributed by atoms with van der Waals surface area (Å²) >= 11 is 0. The first-order valence-corrected chi connectivity index (χ1v) is 8.41. The predicted octanol–water partition coefficient (Wildman–Crippen LogP) is 0.147. The lowest BCUT2D eigenvalue weighted by Gasteiger charge is -2.27. The Morgan fingerprint density at radius 3 is 2.55 bits per heavy atom. The van der Waals surface area contributed by atoms with Crippen LogP contribution in [0.4, 0.5) is 0 Å². The number of azo groups is 1. The van der Waals surface area contributed by atoms with E-state index in [9.17, 15) is 8.42 Å². The summed E-state index contributed by atoms with van der Waals surface area (Å²) in [5, 5.41) is 8.58. The molecule has 0 saturated heterocycles. The van der Waals surface area contributed by atoms with E-state index in [2.05, 4.69) is 14.6 Å². The van der Waals surface area contributed by atoms with Gasteiger partial charge in [0.25, 0.3) is 0 Å². The van der Waals surface area contributed by atoms with Gasteiger partial charge in [0, 0.05) is 5.56 Å². The summed E-state index contributed by atoms with van der Waals surface area (Å²) in [5.41, 5.74) is 1.38. The lowest BCUT2D eigenvalue weighted by atomic mass is 9.84. The standard InChI is InChI=1S/C15H13N3O3S/c1-21-10-7-8-11-12-14(10)16-17-15(12)13(18-22(11,19)20)9-5-3-2-4-6-9/h2-8,12,14-15H,1H3/p+1. The molecule has 2 aliphatic heterocycles. The van der Waals surface area contributed by atoms with Crippen LogP contribution in [0.5, 0.6) is 0 Å². The Kier molecular flexibility index (Phi) is 2.80. The van der Waals surface area contributed by atoms with Crippen LogP contribution in [0.1, 0.15) is 5.56 Å². The highest BCUT2D eigenvalue weighted by Gasteiger charge is 2.55. The van der Waals surface area contributed by atoms with Crippen LogP contribution in [-0.2, 0) is 14.8 Å². The number of methoxy groups -OCH3 is 1. The van der Waals surface area contributed by atoms with E-state index in [4.69, 9.17) is 4.74 Å². The van der Waals surface area contributed by atoms with Gasteiger partial charge in [-0.3, -0.25) is 0 Å². The third-order valence-corrected chi connectivity index (χ3v) is 5.72. The van der Waals surface area contributed by atoms with Crippen molar-refractivity contribution >= 4 is 15.7 Å². The van der Waals surface area contributed by atoms with Gasteiger partial charge >= 0.3 is 10.0 Å². The maximum atomic E-state index is 12.6. The van der Waals surface area contributed by atoms with E-state index in [1.807, 2.05) is 30.3 Å². The number of hydrogen-bond acceptors (Lipinski definition) is 5. The zero-order valence-electron chi connectivity index (χ0n) is 11.8. The average molecular weight is 316 g/mol. The zero-order chi connectivity index (χ0) is 15.3. The van der Waals surface area contributed by atoms with Gasteiger partial charge in [0.15, 0.2) is 6.04 Å². The quantitative estimate of drug-likeness (QED) is 0.843. The smallest absolute Gasteiger partial charge is 0.390 e. The lowest BCUT2D eigenvalue weighted by Crippen LogP contribution is -2.82. The highest BCUT2D eigenvalue weighted by atomic mass is 32.2. The van der Waals surface area contributed by atoms with Crippen LogP contribution < -0.4 is 4.40 Å². The van der Waals surface area contributed by atoms with Crippen molar-refractivity contribution in [2.75, 3.05) is 7.11 Å². The summed E-state index contributed by atoms with van der Waals surface area (Å²) in [5.74, 6) is 0.311. The molecule has 7 heteroatoms. The van der Waals surface area contributed by atoms with Crippen molar-refractivity contribution in [1.29, 1.82) is 0 Å². The molecule has 0 radical (unpaired) electrons. The molecule has 0 amide bonds. The number of rotatable bonds is 2. The molecule has 3 aliphatic rings. The van der Waals surface area contributed by atoms with Gasteiger partial charge < -0.3 is 4.74 Å². The molecular formula is C15H14N3O3S+. The van der Waals surface area contributed by atoms with Gasteiger partial charge in [0.1, 0.15) is 16.7 Å². The van der Waals surface area contributed by atoms with Gasteiger partial charge in [-0.15, -0.1) is 4.40 Å². The fourth-order valence-corrected chi connectivity index (χ4v) is 4.69. The van der Waals surface area contributed by atoms with Crippen molar-refractivity contribution in [2.24, 2.45) is 16.1 Å². The second-order valence-electron chi connectivity index (χ2n) is 5.37. The van der Waals surface area contributed by atoms with Gasteiger partial charge in [-0.2, -0.15) is 18.6 Å². The lowest BCUT2D eigenvalue weighted by molar-refractivity contribution is -0.270. The number of sulfonamides is 1. The van der Waals surface area contributed by atoms with Crippen molar-refractivity contribution in [3.8, 4) is 0 Å². The van der Waals surface area contributed by atoms with E-state index >= 15 is 0 Å². The molecule has 22 heavy (non-hydrogen) atoms. The Labute approximate surface area is 128 Å². The molecule has 2 heterocycles. The summed E-state index contributed by atoms with van der Waals surface area (Å²) < 4.78 is 33.1. The van der Waals surface area contributed by atoms with Crippen molar-refractivity contribution in [2.45, 2.75) is 12.1 Å². The molecule has 1 aromatic carbocycles. The third-order valence-electron chi connectivity index (χ3n) is 4.20. The Morgan fingerprint density at radius 2 is 1.82 bits per heavy atom. The number of nitrogens with zero attached hydrogens (tertiary/aromatic N) is 2. The number of benzene rings is 1. The third kappa shape index (κ3) is 1.78. The molecule has 3 atom stereocenters. The van der Waals surface area contributed by atoms with Crippen molar-refractivity contribution in [3.63, 3.8) is 0 Å². The summed E-state index contributed by atoms with van der Waals surface area (Å²) in [6.07, 6.45) is 3.25. The second kappa shape index (κ2) is 4.61. The van der Waals surface area contributed by atoms with E-state index in [1.54, 1.807) is 19.3 Å². The molecule has 4 rings (SSSR count). The SMILES string of the molecule is COC1=CC=C2C3C1N=NC3C(c1ccccc1)=[NH+]S2(=O)=O. The van der Waals surface area contributed by atoms with E-state index in [0.717, 1.165) is 5.56 Å². The summed E-state index contributed by atoms with van der Waals surface area (Å²) in [6.45, 7) is 0. The minimum atomic E-state index is -3.58. The summed E-state index contributed by atoms with van der Waals surface area (Å²) in [4.78, 5) is 0.327. The average Bonchev–Trinajstić information content (AvgIpc) is 2.97. The van der Waals surface area contributed by atoms with E-state index in [1.165, 1.54) is 0 Å². The fraction of sp³-hybridized carbons (Fsp3) is 0.267. The molecule has 6 nitrogen and oxygen atoms in total. The topological polar surface area (TPSA) is 82.1 Å². The van der Waals surface area contributed by atoms with Crippen LogP contribution in [0, 0.1) is 5.92 Å². The molecule has 0 bridgehead atoms. The largest absolute Gasteiger partial charge is 0.499 e. The van der Waals surface area contributed by atoms with Crippen LogP contribution >= 0.6 is 0 Å². The summed E-state index contributed by atoms with van der Waals surface area (Å²) in [7, 11) is -2.02. The Hall–Kier alpha value is -2.28. The molecule has 0 saturated carbocycles. The Bertz CT molecular complexity index is 853. The maximum absolute atomic E-state index is 12.6.